The van der Waals surface area contributed by atoms with Gasteiger partial charge in [0.05, 0.1) is 13.7 Å². The number of rotatable bonds is 4. The molecule has 0 amide bonds. The molecule has 0 radical (unpaired) electrons. The monoisotopic (exact) mass is 242 g/mol. The summed E-state index contributed by atoms with van der Waals surface area (Å²) in [5, 5.41) is 16.1. The van der Waals surface area contributed by atoms with Gasteiger partial charge in [-0.1, -0.05) is 5.21 Å². The lowest BCUT2D eigenvalue weighted by atomic mass is 10.6. The van der Waals surface area contributed by atoms with Crippen LogP contribution in [0.25, 0.3) is 0 Å². The predicted octanol–water partition coefficient (Wildman–Crippen LogP) is -0.341. The predicted molar refractivity (Wildman–Crippen MR) is 52.9 cm³/mol. The summed E-state index contributed by atoms with van der Waals surface area (Å²) in [6, 6.07) is 0.135. The van der Waals surface area contributed by atoms with Crippen molar-refractivity contribution in [2.24, 2.45) is 0 Å². The molecule has 0 aliphatic rings. The highest BCUT2D eigenvalue weighted by atomic mass is 35.5. The molecule has 0 saturated heterocycles. The minimum atomic E-state index is 0.0439. The molecule has 0 spiro atoms. The van der Waals surface area contributed by atoms with Gasteiger partial charge in [-0.2, -0.15) is 20.2 Å². The molecule has 2 heterocycles. The van der Waals surface area contributed by atoms with Gasteiger partial charge in [0.25, 0.3) is 0 Å². The van der Waals surface area contributed by atoms with Crippen LogP contribution in [0.2, 0.25) is 5.28 Å². The second kappa shape index (κ2) is 4.66. The van der Waals surface area contributed by atoms with Crippen molar-refractivity contribution < 1.29 is 4.74 Å². The third kappa shape index (κ3) is 2.51. The largest absolute Gasteiger partial charge is 0.467 e. The van der Waals surface area contributed by atoms with Crippen LogP contribution in [-0.2, 0) is 6.54 Å². The minimum Gasteiger partial charge on any atom is -0.467 e. The van der Waals surface area contributed by atoms with Crippen LogP contribution < -0.4 is 10.1 Å². The molecule has 2 aromatic heterocycles. The zero-order valence-corrected chi connectivity index (χ0v) is 8.93. The van der Waals surface area contributed by atoms with Gasteiger partial charge in [0.1, 0.15) is 0 Å². The second-order valence-electron chi connectivity index (χ2n) is 2.60. The van der Waals surface area contributed by atoms with Crippen molar-refractivity contribution in [2.75, 3.05) is 12.4 Å². The number of nitrogens with one attached hydrogen (secondary N) is 2. The number of hydrogen-bond acceptors (Lipinski definition) is 8. The van der Waals surface area contributed by atoms with Gasteiger partial charge >= 0.3 is 6.01 Å². The minimum absolute atomic E-state index is 0.0439. The Kier molecular flexibility index (Phi) is 3.05. The first-order valence-corrected chi connectivity index (χ1v) is 4.57. The average molecular weight is 243 g/mol. The van der Waals surface area contributed by atoms with E-state index in [4.69, 9.17) is 16.3 Å². The van der Waals surface area contributed by atoms with Crippen LogP contribution in [0.3, 0.4) is 0 Å². The molecule has 0 fully saturated rings. The van der Waals surface area contributed by atoms with Crippen LogP contribution in [0.15, 0.2) is 0 Å². The summed E-state index contributed by atoms with van der Waals surface area (Å²) in [4.78, 5) is 11.5. The first kappa shape index (κ1) is 10.5. The van der Waals surface area contributed by atoms with Gasteiger partial charge in [-0.05, 0) is 11.6 Å². The summed E-state index contributed by atoms with van der Waals surface area (Å²) >= 11 is 5.66. The maximum Gasteiger partial charge on any atom is 0.322 e. The number of aromatic amines is 1. The molecule has 2 rings (SSSR count). The van der Waals surface area contributed by atoms with Crippen molar-refractivity contribution in [3.8, 4) is 6.01 Å². The molecule has 0 aromatic carbocycles. The molecule has 0 unspecified atom stereocenters. The number of H-pyrrole nitrogens is 1. The van der Waals surface area contributed by atoms with Gasteiger partial charge < -0.3 is 10.1 Å². The number of tetrazole rings is 1. The molecule has 16 heavy (non-hydrogen) atoms. The lowest BCUT2D eigenvalue weighted by Crippen LogP contribution is -2.07. The number of nitrogens with zero attached hydrogens (tertiary/aromatic N) is 6. The van der Waals surface area contributed by atoms with Crippen LogP contribution in [0, 0.1) is 0 Å². The Bertz CT molecular complexity index is 460. The Morgan fingerprint density at radius 2 is 2.25 bits per heavy atom. The number of methoxy groups -OCH3 is 1. The van der Waals surface area contributed by atoms with Crippen LogP contribution in [0.4, 0.5) is 5.95 Å². The lowest BCUT2D eigenvalue weighted by molar-refractivity contribution is 0.379. The van der Waals surface area contributed by atoms with Crippen molar-refractivity contribution >= 4 is 17.5 Å². The zero-order chi connectivity index (χ0) is 11.4. The van der Waals surface area contributed by atoms with Gasteiger partial charge in [0.15, 0.2) is 5.82 Å². The third-order valence-electron chi connectivity index (χ3n) is 1.56. The fraction of sp³-hybridized carbons (Fsp3) is 0.333. The van der Waals surface area contributed by atoms with Crippen LogP contribution >= 0.6 is 11.6 Å². The Morgan fingerprint density at radius 1 is 1.38 bits per heavy atom. The first-order valence-electron chi connectivity index (χ1n) is 4.19. The standard InChI is InChI=1S/C6H7ClN8O/c1-16-6-10-4(7)9-5(11-6)8-2-3-12-14-15-13-3/h2H2,1H3,(H,8,9,10,11)(H,12,13,14,15). The summed E-state index contributed by atoms with van der Waals surface area (Å²) < 4.78 is 4.84. The fourth-order valence-corrected chi connectivity index (χ4v) is 1.07. The van der Waals surface area contributed by atoms with E-state index in [1.807, 2.05) is 0 Å². The number of halogens is 1. The number of anilines is 1. The van der Waals surface area contributed by atoms with Crippen molar-refractivity contribution in [1.82, 2.24) is 35.6 Å². The van der Waals surface area contributed by atoms with Crippen LogP contribution in [-0.4, -0.2) is 42.7 Å². The van der Waals surface area contributed by atoms with Crippen LogP contribution in [0.5, 0.6) is 6.01 Å². The third-order valence-corrected chi connectivity index (χ3v) is 1.73. The Balaban J connectivity index is 2.06. The molecule has 0 bridgehead atoms. The molecule has 9 nitrogen and oxygen atoms in total. The van der Waals surface area contributed by atoms with Gasteiger partial charge in [0.2, 0.25) is 11.2 Å². The molecule has 0 aliphatic carbocycles. The summed E-state index contributed by atoms with van der Waals surface area (Å²) in [6.07, 6.45) is 0. The smallest absolute Gasteiger partial charge is 0.322 e. The maximum absolute atomic E-state index is 5.66. The fourth-order valence-electron chi connectivity index (χ4n) is 0.918. The van der Waals surface area contributed by atoms with E-state index in [1.54, 1.807) is 0 Å². The van der Waals surface area contributed by atoms with Crippen molar-refractivity contribution in [1.29, 1.82) is 0 Å². The molecule has 0 atom stereocenters. The highest BCUT2D eigenvalue weighted by molar-refractivity contribution is 6.28. The van der Waals surface area contributed by atoms with E-state index in [1.165, 1.54) is 7.11 Å². The quantitative estimate of drug-likeness (QED) is 0.748. The van der Waals surface area contributed by atoms with Crippen molar-refractivity contribution in [3.05, 3.63) is 11.1 Å². The number of ether oxygens (including phenoxy) is 1. The average Bonchev–Trinajstić information content (AvgIpc) is 2.78. The van der Waals surface area contributed by atoms with E-state index in [9.17, 15) is 0 Å². The molecule has 10 heteroatoms. The zero-order valence-electron chi connectivity index (χ0n) is 8.18. The summed E-state index contributed by atoms with van der Waals surface area (Å²) in [5.74, 6) is 0.761. The Morgan fingerprint density at radius 3 is 2.94 bits per heavy atom. The Hall–Kier alpha value is -2.03. The summed E-state index contributed by atoms with van der Waals surface area (Å²) in [6.45, 7) is 0.319. The van der Waals surface area contributed by atoms with Crippen molar-refractivity contribution in [2.45, 2.75) is 6.54 Å². The van der Waals surface area contributed by atoms with Crippen molar-refractivity contribution in [3.63, 3.8) is 0 Å². The molecule has 2 aromatic rings. The molecule has 2 N–H and O–H groups in total. The summed E-state index contributed by atoms with van der Waals surface area (Å²) in [5.41, 5.74) is 0. The highest BCUT2D eigenvalue weighted by Crippen LogP contribution is 2.10. The molecular formula is C6H7ClN8O. The van der Waals surface area contributed by atoms with E-state index >= 15 is 0 Å². The van der Waals surface area contributed by atoms with Gasteiger partial charge in [-0.3, -0.25) is 0 Å². The normalized spacial score (nSPS) is 10.1. The Labute approximate surface area is 94.6 Å². The molecule has 0 saturated carbocycles. The van der Waals surface area contributed by atoms with Gasteiger partial charge in [0, 0.05) is 0 Å². The van der Waals surface area contributed by atoms with E-state index in [0.717, 1.165) is 0 Å². The topological polar surface area (TPSA) is 114 Å². The van der Waals surface area contributed by atoms with Gasteiger partial charge in [-0.15, -0.1) is 10.2 Å². The SMILES string of the molecule is COc1nc(Cl)nc(NCc2nn[nH]n2)n1. The van der Waals surface area contributed by atoms with Crippen LogP contribution in [0.1, 0.15) is 5.82 Å². The molecular weight excluding hydrogens is 236 g/mol. The number of hydrogen-bond donors (Lipinski definition) is 2. The number of aromatic nitrogens is 7. The van der Waals surface area contributed by atoms with E-state index < -0.39 is 0 Å². The first-order chi connectivity index (χ1) is 7.78. The maximum atomic E-state index is 5.66. The van der Waals surface area contributed by atoms with E-state index in [0.29, 0.717) is 12.4 Å². The van der Waals surface area contributed by atoms with Gasteiger partial charge in [-0.25, -0.2) is 0 Å². The highest BCUT2D eigenvalue weighted by Gasteiger charge is 2.05. The molecule has 0 aliphatic heterocycles. The second-order valence-corrected chi connectivity index (χ2v) is 2.93. The summed E-state index contributed by atoms with van der Waals surface area (Å²) in [7, 11) is 1.44. The molecule has 84 valence electrons. The van der Waals surface area contributed by atoms with E-state index in [2.05, 4.69) is 40.9 Å². The van der Waals surface area contributed by atoms with E-state index in [-0.39, 0.29) is 17.2 Å². The lowest BCUT2D eigenvalue weighted by Gasteiger charge is -2.03.